The van der Waals surface area contributed by atoms with Crippen LogP contribution in [-0.4, -0.2) is 6.54 Å². The Morgan fingerprint density at radius 1 is 1.29 bits per heavy atom. The third-order valence-corrected chi connectivity index (χ3v) is 4.42. The van der Waals surface area contributed by atoms with Gasteiger partial charge < -0.3 is 5.32 Å². The van der Waals surface area contributed by atoms with Gasteiger partial charge in [0.1, 0.15) is 0 Å². The van der Waals surface area contributed by atoms with Crippen molar-refractivity contribution in [1.82, 2.24) is 5.32 Å². The Hall–Kier alpha value is -0.340. The van der Waals surface area contributed by atoms with Gasteiger partial charge in [0.2, 0.25) is 0 Å². The molecule has 1 nitrogen and oxygen atoms in total. The maximum Gasteiger partial charge on any atom is 0.0292 e. The predicted molar refractivity (Wildman–Crippen MR) is 77.1 cm³/mol. The first-order valence-corrected chi connectivity index (χ1v) is 7.43. The zero-order valence-electron chi connectivity index (χ0n) is 10.8. The van der Waals surface area contributed by atoms with Gasteiger partial charge in [-0.25, -0.2) is 0 Å². The summed E-state index contributed by atoms with van der Waals surface area (Å²) in [6.45, 7) is 5.72. The monoisotopic (exact) mass is 295 g/mol. The van der Waals surface area contributed by atoms with E-state index in [1.165, 1.54) is 37.8 Å². The smallest absolute Gasteiger partial charge is 0.0292 e. The van der Waals surface area contributed by atoms with E-state index in [-0.39, 0.29) is 0 Å². The van der Waals surface area contributed by atoms with Crippen LogP contribution in [0.3, 0.4) is 0 Å². The number of hydrogen-bond acceptors (Lipinski definition) is 1. The van der Waals surface area contributed by atoms with Crippen molar-refractivity contribution >= 4 is 15.9 Å². The standard InChI is InChI=1S/C15H22BrN/c1-3-8-15(9-10-15)11-17-12(2)13-4-6-14(16)7-5-13/h4-7,12,17H,3,8-11H2,1-2H3. The molecule has 0 spiro atoms. The molecule has 1 aromatic carbocycles. The molecule has 2 heteroatoms. The molecule has 0 amide bonds. The van der Waals surface area contributed by atoms with Gasteiger partial charge in [0.05, 0.1) is 0 Å². The van der Waals surface area contributed by atoms with Gasteiger partial charge in [-0.2, -0.15) is 0 Å². The second-order valence-electron chi connectivity index (χ2n) is 5.40. The summed E-state index contributed by atoms with van der Waals surface area (Å²) in [7, 11) is 0. The summed E-state index contributed by atoms with van der Waals surface area (Å²) in [5.74, 6) is 0. The van der Waals surface area contributed by atoms with E-state index in [0.717, 1.165) is 4.47 Å². The fourth-order valence-corrected chi connectivity index (χ4v) is 2.73. The van der Waals surface area contributed by atoms with Gasteiger partial charge in [-0.3, -0.25) is 0 Å². The van der Waals surface area contributed by atoms with Crippen molar-refractivity contribution < 1.29 is 0 Å². The maximum absolute atomic E-state index is 3.69. The van der Waals surface area contributed by atoms with Crippen LogP contribution in [0.25, 0.3) is 0 Å². The van der Waals surface area contributed by atoms with E-state index in [0.29, 0.717) is 11.5 Å². The zero-order valence-corrected chi connectivity index (χ0v) is 12.4. The molecule has 94 valence electrons. The average Bonchev–Trinajstić information content (AvgIpc) is 3.08. The summed E-state index contributed by atoms with van der Waals surface area (Å²) >= 11 is 3.48. The van der Waals surface area contributed by atoms with Gasteiger partial charge in [-0.15, -0.1) is 0 Å². The lowest BCUT2D eigenvalue weighted by molar-refractivity contribution is 0.397. The minimum atomic E-state index is 0.456. The molecule has 0 heterocycles. The highest BCUT2D eigenvalue weighted by molar-refractivity contribution is 9.10. The first-order valence-electron chi connectivity index (χ1n) is 6.64. The Labute approximate surface area is 113 Å². The molecule has 1 aliphatic rings. The van der Waals surface area contributed by atoms with E-state index >= 15 is 0 Å². The van der Waals surface area contributed by atoms with Crippen LogP contribution in [0.1, 0.15) is 51.1 Å². The number of rotatable bonds is 6. The Morgan fingerprint density at radius 2 is 1.94 bits per heavy atom. The van der Waals surface area contributed by atoms with Gasteiger partial charge in [-0.05, 0) is 49.3 Å². The normalized spacial score (nSPS) is 19.0. The van der Waals surface area contributed by atoms with E-state index in [4.69, 9.17) is 0 Å². The van der Waals surface area contributed by atoms with Crippen molar-refractivity contribution in [1.29, 1.82) is 0 Å². The quantitative estimate of drug-likeness (QED) is 0.803. The van der Waals surface area contributed by atoms with Gasteiger partial charge >= 0.3 is 0 Å². The van der Waals surface area contributed by atoms with Crippen LogP contribution in [0.2, 0.25) is 0 Å². The Balaban J connectivity index is 1.85. The summed E-state index contributed by atoms with van der Waals surface area (Å²) in [5.41, 5.74) is 2.01. The SMILES string of the molecule is CCCC1(CNC(C)c2ccc(Br)cc2)CC1. The lowest BCUT2D eigenvalue weighted by Crippen LogP contribution is -2.26. The maximum atomic E-state index is 3.69. The number of benzene rings is 1. The Kier molecular flexibility index (Phi) is 4.26. The first-order chi connectivity index (χ1) is 8.15. The summed E-state index contributed by atoms with van der Waals surface area (Å²) in [6.07, 6.45) is 5.53. The van der Waals surface area contributed by atoms with Crippen LogP contribution in [-0.2, 0) is 0 Å². The first kappa shape index (κ1) is 13.1. The molecule has 2 rings (SSSR count). The third-order valence-electron chi connectivity index (χ3n) is 3.89. The number of halogens is 1. The molecule has 0 bridgehead atoms. The molecule has 1 atom stereocenters. The van der Waals surface area contributed by atoms with Crippen molar-refractivity contribution in [2.24, 2.45) is 5.41 Å². The molecule has 0 saturated heterocycles. The van der Waals surface area contributed by atoms with Crippen molar-refractivity contribution in [3.63, 3.8) is 0 Å². The van der Waals surface area contributed by atoms with Gasteiger partial charge in [0.15, 0.2) is 0 Å². The van der Waals surface area contributed by atoms with Gasteiger partial charge in [0.25, 0.3) is 0 Å². The van der Waals surface area contributed by atoms with Crippen LogP contribution in [0.5, 0.6) is 0 Å². The molecule has 1 aromatic rings. The second-order valence-corrected chi connectivity index (χ2v) is 6.32. The molecule has 17 heavy (non-hydrogen) atoms. The Morgan fingerprint density at radius 3 is 2.47 bits per heavy atom. The zero-order chi connectivity index (χ0) is 12.3. The van der Waals surface area contributed by atoms with E-state index in [1.807, 2.05) is 0 Å². The highest BCUT2D eigenvalue weighted by atomic mass is 79.9. The van der Waals surface area contributed by atoms with Crippen LogP contribution in [0.15, 0.2) is 28.7 Å². The van der Waals surface area contributed by atoms with Crippen molar-refractivity contribution in [3.8, 4) is 0 Å². The van der Waals surface area contributed by atoms with Gasteiger partial charge in [0, 0.05) is 17.1 Å². The van der Waals surface area contributed by atoms with Crippen molar-refractivity contribution in [2.75, 3.05) is 6.54 Å². The van der Waals surface area contributed by atoms with Crippen LogP contribution in [0, 0.1) is 5.41 Å². The minimum Gasteiger partial charge on any atom is -0.310 e. The highest BCUT2D eigenvalue weighted by Gasteiger charge is 2.41. The fraction of sp³-hybridized carbons (Fsp3) is 0.600. The van der Waals surface area contributed by atoms with Crippen LogP contribution in [0.4, 0.5) is 0 Å². The summed E-state index contributed by atoms with van der Waals surface area (Å²) in [5, 5.41) is 3.69. The van der Waals surface area contributed by atoms with Gasteiger partial charge in [-0.1, -0.05) is 41.4 Å². The molecule has 0 aliphatic heterocycles. The number of nitrogens with one attached hydrogen (secondary N) is 1. The van der Waals surface area contributed by atoms with E-state index in [2.05, 4.69) is 59.4 Å². The lowest BCUT2D eigenvalue weighted by atomic mass is 9.99. The molecule has 1 N–H and O–H groups in total. The molecular formula is C15H22BrN. The fourth-order valence-electron chi connectivity index (χ4n) is 2.46. The average molecular weight is 296 g/mol. The van der Waals surface area contributed by atoms with Crippen LogP contribution >= 0.6 is 15.9 Å². The van der Waals surface area contributed by atoms with E-state index < -0.39 is 0 Å². The molecule has 1 fully saturated rings. The molecular weight excluding hydrogens is 274 g/mol. The molecule has 1 saturated carbocycles. The van der Waals surface area contributed by atoms with Crippen molar-refractivity contribution in [2.45, 2.75) is 45.6 Å². The number of hydrogen-bond donors (Lipinski definition) is 1. The minimum absolute atomic E-state index is 0.456. The predicted octanol–water partition coefficient (Wildman–Crippen LogP) is 4.68. The van der Waals surface area contributed by atoms with E-state index in [9.17, 15) is 0 Å². The molecule has 1 unspecified atom stereocenters. The summed E-state index contributed by atoms with van der Waals surface area (Å²) in [4.78, 5) is 0. The third kappa shape index (κ3) is 3.56. The highest BCUT2D eigenvalue weighted by Crippen LogP contribution is 2.49. The molecule has 0 radical (unpaired) electrons. The summed E-state index contributed by atoms with van der Waals surface area (Å²) in [6, 6.07) is 9.08. The van der Waals surface area contributed by atoms with Crippen molar-refractivity contribution in [3.05, 3.63) is 34.3 Å². The second kappa shape index (κ2) is 5.53. The largest absolute Gasteiger partial charge is 0.310 e. The Bertz CT molecular complexity index is 354. The topological polar surface area (TPSA) is 12.0 Å². The molecule has 0 aromatic heterocycles. The lowest BCUT2D eigenvalue weighted by Gasteiger charge is -2.20. The summed E-state index contributed by atoms with van der Waals surface area (Å²) < 4.78 is 1.15. The van der Waals surface area contributed by atoms with Crippen LogP contribution < -0.4 is 5.32 Å². The molecule has 1 aliphatic carbocycles. The van der Waals surface area contributed by atoms with E-state index in [1.54, 1.807) is 0 Å².